The summed E-state index contributed by atoms with van der Waals surface area (Å²) in [4.78, 5) is 0. The Balaban J connectivity index is 2.20. The predicted octanol–water partition coefficient (Wildman–Crippen LogP) is 5.74. The van der Waals surface area contributed by atoms with Gasteiger partial charge in [-0.15, -0.1) is 0 Å². The lowest BCUT2D eigenvalue weighted by Crippen LogP contribution is -2.11. The smallest absolute Gasteiger partial charge is 0.129 e. The standard InChI is InChI=1S/C19H21FS2/c1-12-15-8-5-9-16(12)18(22-3)11-14-7-4-6-13(19(14)20)10-17(15)21-2/h4-9,17-18H,10-11H2,1-3H3. The van der Waals surface area contributed by atoms with Gasteiger partial charge in [0, 0.05) is 10.5 Å². The SMILES string of the molecule is CSC1Cc2cccc(c2F)CC(SC)c2cccc1c2C. The quantitative estimate of drug-likeness (QED) is 0.687. The minimum Gasteiger partial charge on any atom is -0.206 e. The molecule has 0 saturated heterocycles. The van der Waals surface area contributed by atoms with Gasteiger partial charge >= 0.3 is 0 Å². The van der Waals surface area contributed by atoms with E-state index in [2.05, 4.69) is 37.6 Å². The second kappa shape index (κ2) is 6.67. The zero-order valence-electron chi connectivity index (χ0n) is 13.2. The van der Waals surface area contributed by atoms with Gasteiger partial charge in [-0.2, -0.15) is 23.5 Å². The number of fused-ring (bicyclic) bond motifs is 4. The van der Waals surface area contributed by atoms with E-state index in [1.165, 1.54) is 16.7 Å². The van der Waals surface area contributed by atoms with E-state index in [0.29, 0.717) is 10.5 Å². The molecule has 0 heterocycles. The summed E-state index contributed by atoms with van der Waals surface area (Å²) in [6.45, 7) is 2.23. The Morgan fingerprint density at radius 3 is 1.77 bits per heavy atom. The molecule has 0 N–H and O–H groups in total. The Labute approximate surface area is 140 Å². The van der Waals surface area contributed by atoms with Crippen molar-refractivity contribution in [3.8, 4) is 0 Å². The molecule has 2 atom stereocenters. The van der Waals surface area contributed by atoms with Gasteiger partial charge in [-0.25, -0.2) is 4.39 Å². The highest BCUT2D eigenvalue weighted by atomic mass is 32.2. The average molecular weight is 333 g/mol. The zero-order valence-corrected chi connectivity index (χ0v) is 14.9. The molecule has 116 valence electrons. The van der Waals surface area contributed by atoms with Crippen LogP contribution in [0.4, 0.5) is 4.39 Å². The monoisotopic (exact) mass is 332 g/mol. The van der Waals surface area contributed by atoms with Crippen LogP contribution < -0.4 is 0 Å². The van der Waals surface area contributed by atoms with Gasteiger partial charge in [-0.3, -0.25) is 0 Å². The van der Waals surface area contributed by atoms with Gasteiger partial charge in [0.2, 0.25) is 0 Å². The van der Waals surface area contributed by atoms with Crippen LogP contribution in [-0.4, -0.2) is 12.5 Å². The number of rotatable bonds is 2. The van der Waals surface area contributed by atoms with Gasteiger partial charge < -0.3 is 0 Å². The molecule has 1 aliphatic rings. The lowest BCUT2D eigenvalue weighted by molar-refractivity contribution is 0.587. The van der Waals surface area contributed by atoms with Crippen LogP contribution in [0.15, 0.2) is 36.4 Å². The fourth-order valence-electron chi connectivity index (χ4n) is 3.36. The van der Waals surface area contributed by atoms with Crippen molar-refractivity contribution in [2.24, 2.45) is 0 Å². The van der Waals surface area contributed by atoms with Gasteiger partial charge in [0.1, 0.15) is 5.82 Å². The summed E-state index contributed by atoms with van der Waals surface area (Å²) in [5, 5.41) is 0.621. The molecule has 0 aliphatic heterocycles. The molecule has 1 aliphatic carbocycles. The largest absolute Gasteiger partial charge is 0.206 e. The predicted molar refractivity (Wildman–Crippen MR) is 97.5 cm³/mol. The topological polar surface area (TPSA) is 0 Å². The molecule has 22 heavy (non-hydrogen) atoms. The third-order valence-corrected chi connectivity index (χ3v) is 6.63. The van der Waals surface area contributed by atoms with Crippen molar-refractivity contribution in [1.29, 1.82) is 0 Å². The maximum atomic E-state index is 14.8. The van der Waals surface area contributed by atoms with Crippen LogP contribution in [0.3, 0.4) is 0 Å². The second-order valence-electron chi connectivity index (χ2n) is 5.81. The third kappa shape index (κ3) is 2.81. The molecule has 0 radical (unpaired) electrons. The van der Waals surface area contributed by atoms with Crippen molar-refractivity contribution in [1.82, 2.24) is 0 Å². The fraction of sp³-hybridized carbons (Fsp3) is 0.368. The number of halogens is 1. The van der Waals surface area contributed by atoms with Crippen LogP contribution in [0.1, 0.15) is 38.3 Å². The molecule has 0 nitrogen and oxygen atoms in total. The van der Waals surface area contributed by atoms with E-state index in [1.54, 1.807) is 0 Å². The summed E-state index contributed by atoms with van der Waals surface area (Å²) < 4.78 is 14.8. The molecule has 0 aromatic heterocycles. The van der Waals surface area contributed by atoms with Crippen LogP contribution in [0.2, 0.25) is 0 Å². The van der Waals surface area contributed by atoms with Gasteiger partial charge in [0.25, 0.3) is 0 Å². The van der Waals surface area contributed by atoms with Crippen LogP contribution in [-0.2, 0) is 12.8 Å². The molecule has 0 amide bonds. The maximum Gasteiger partial charge on any atom is 0.129 e. The highest BCUT2D eigenvalue weighted by Gasteiger charge is 2.24. The van der Waals surface area contributed by atoms with E-state index in [0.717, 1.165) is 24.0 Å². The lowest BCUT2D eigenvalue weighted by atomic mass is 9.90. The molecule has 0 saturated carbocycles. The number of hydrogen-bond donors (Lipinski definition) is 0. The molecule has 3 rings (SSSR count). The molecule has 2 aromatic carbocycles. The van der Waals surface area contributed by atoms with Crippen LogP contribution >= 0.6 is 23.5 Å². The van der Waals surface area contributed by atoms with E-state index < -0.39 is 0 Å². The normalized spacial score (nSPS) is 20.7. The molecule has 0 fully saturated rings. The minimum absolute atomic E-state index is 0.00315. The molecule has 2 aromatic rings. The van der Waals surface area contributed by atoms with Crippen LogP contribution in [0, 0.1) is 12.7 Å². The zero-order chi connectivity index (χ0) is 15.7. The van der Waals surface area contributed by atoms with Crippen molar-refractivity contribution in [3.63, 3.8) is 0 Å². The number of thioether (sulfide) groups is 2. The van der Waals surface area contributed by atoms with E-state index in [9.17, 15) is 4.39 Å². The summed E-state index contributed by atoms with van der Waals surface area (Å²) in [6.07, 6.45) is 5.76. The van der Waals surface area contributed by atoms with Gasteiger partial charge in [-0.05, 0) is 60.1 Å². The molecule has 4 bridgehead atoms. The Morgan fingerprint density at radius 2 is 1.32 bits per heavy atom. The summed E-state index contributed by atoms with van der Waals surface area (Å²) in [5.74, 6) is 0.00315. The third-order valence-electron chi connectivity index (χ3n) is 4.65. The molecular formula is C19H21FS2. The Morgan fingerprint density at radius 1 is 0.864 bits per heavy atom. The van der Waals surface area contributed by atoms with Gasteiger partial charge in [0.15, 0.2) is 0 Å². The highest BCUT2D eigenvalue weighted by Crippen LogP contribution is 2.41. The Kier molecular flexibility index (Phi) is 4.84. The molecule has 0 spiro atoms. The van der Waals surface area contributed by atoms with Crippen molar-refractivity contribution in [3.05, 3.63) is 70.0 Å². The van der Waals surface area contributed by atoms with Gasteiger partial charge in [0.05, 0.1) is 0 Å². The molecule has 3 heteroatoms. The van der Waals surface area contributed by atoms with Crippen molar-refractivity contribution < 1.29 is 4.39 Å². The van der Waals surface area contributed by atoms with E-state index in [-0.39, 0.29) is 5.82 Å². The summed E-state index contributed by atoms with van der Waals surface area (Å²) in [6, 6.07) is 12.5. The minimum atomic E-state index is 0.00315. The Bertz CT molecular complexity index is 631. The summed E-state index contributed by atoms with van der Waals surface area (Å²) in [5.41, 5.74) is 5.80. The summed E-state index contributed by atoms with van der Waals surface area (Å²) >= 11 is 3.63. The van der Waals surface area contributed by atoms with E-state index >= 15 is 0 Å². The first-order valence-corrected chi connectivity index (χ1v) is 10.1. The highest BCUT2D eigenvalue weighted by molar-refractivity contribution is 7.99. The van der Waals surface area contributed by atoms with E-state index in [4.69, 9.17) is 0 Å². The molecular weight excluding hydrogens is 311 g/mol. The number of hydrogen-bond acceptors (Lipinski definition) is 2. The Hall–Kier alpha value is -0.930. The molecule has 2 unspecified atom stereocenters. The first kappa shape index (κ1) is 15.9. The first-order valence-electron chi connectivity index (χ1n) is 7.57. The van der Waals surface area contributed by atoms with Crippen LogP contribution in [0.25, 0.3) is 0 Å². The van der Waals surface area contributed by atoms with E-state index in [1.807, 2.05) is 41.7 Å². The fourth-order valence-corrected chi connectivity index (χ4v) is 5.07. The van der Waals surface area contributed by atoms with Crippen molar-refractivity contribution in [2.45, 2.75) is 30.3 Å². The lowest BCUT2D eigenvalue weighted by Gasteiger charge is -2.26. The second-order valence-corrected chi connectivity index (χ2v) is 7.89. The van der Waals surface area contributed by atoms with Gasteiger partial charge in [-0.1, -0.05) is 36.4 Å². The van der Waals surface area contributed by atoms with Crippen LogP contribution in [0.5, 0.6) is 0 Å². The van der Waals surface area contributed by atoms with Crippen molar-refractivity contribution >= 4 is 23.5 Å². The number of benzene rings is 2. The first-order chi connectivity index (χ1) is 10.7. The maximum absolute atomic E-state index is 14.8. The average Bonchev–Trinajstić information content (AvgIpc) is 2.53. The summed E-state index contributed by atoms with van der Waals surface area (Å²) in [7, 11) is 0. The van der Waals surface area contributed by atoms with Crippen molar-refractivity contribution in [2.75, 3.05) is 12.5 Å².